The Morgan fingerprint density at radius 3 is 2.42 bits per heavy atom. The highest BCUT2D eigenvalue weighted by molar-refractivity contribution is 5.70. The predicted octanol–water partition coefficient (Wildman–Crippen LogP) is 5.41. The number of hydrogen-bond donors (Lipinski definition) is 3. The third-order valence-electron chi connectivity index (χ3n) is 6.70. The van der Waals surface area contributed by atoms with E-state index in [1.807, 2.05) is 45.9 Å². The van der Waals surface area contributed by atoms with E-state index in [-0.39, 0.29) is 30.7 Å². The van der Waals surface area contributed by atoms with Crippen molar-refractivity contribution in [1.29, 1.82) is 0 Å². The van der Waals surface area contributed by atoms with E-state index in [1.165, 1.54) is 12.1 Å². The van der Waals surface area contributed by atoms with E-state index in [0.29, 0.717) is 12.4 Å². The van der Waals surface area contributed by atoms with Crippen molar-refractivity contribution in [3.63, 3.8) is 0 Å². The molecule has 0 fully saturated rings. The van der Waals surface area contributed by atoms with E-state index in [2.05, 4.69) is 10.6 Å². The van der Waals surface area contributed by atoms with Gasteiger partial charge in [-0.05, 0) is 87.2 Å². The summed E-state index contributed by atoms with van der Waals surface area (Å²) < 4.78 is 45.1. The second-order valence-electron chi connectivity index (χ2n) is 10.7. The molecule has 0 aliphatic carbocycles. The van der Waals surface area contributed by atoms with Crippen LogP contribution in [0.1, 0.15) is 50.4 Å². The number of nitrogens with one attached hydrogen (secondary N) is 2. The molecular formula is C31H36F2N2O5. The minimum absolute atomic E-state index is 0.00858. The second-order valence-corrected chi connectivity index (χ2v) is 10.7. The third kappa shape index (κ3) is 7.78. The summed E-state index contributed by atoms with van der Waals surface area (Å²) in [5.74, 6) is -0.436. The first kappa shape index (κ1) is 29.5. The molecule has 0 spiro atoms. The molecule has 3 atom stereocenters. The Bertz CT molecular complexity index is 1280. The van der Waals surface area contributed by atoms with Crippen LogP contribution in [-0.2, 0) is 16.8 Å². The number of hydrogen-bond acceptors (Lipinski definition) is 6. The number of amides is 1. The lowest BCUT2D eigenvalue weighted by Gasteiger charge is -2.38. The first-order chi connectivity index (χ1) is 19.0. The smallest absolute Gasteiger partial charge is 0.412 e. The number of aliphatic hydroxyl groups excluding tert-OH is 1. The number of ether oxygens (including phenoxy) is 3. The fourth-order valence-electron chi connectivity index (χ4n) is 4.80. The number of carbonyl (C=O) groups is 1. The standard InChI is InChI=1S/C31H36F2N2O5/c1-19(2)39-24-10-11-26-25(16-24)28(18-38-31(26,3)4)34-17-29(36)27(14-20-12-21(32)15-22(33)13-20)35-30(37)40-23-8-6-5-7-9-23/h5-13,15-16,19,27-29,34,36H,14,17-18H2,1-4H3,(H,35,37)/t27-,28?,29+/m1/s1. The van der Waals surface area contributed by atoms with Gasteiger partial charge in [0.1, 0.15) is 23.1 Å². The number of aliphatic hydroxyl groups is 1. The molecule has 1 amide bonds. The summed E-state index contributed by atoms with van der Waals surface area (Å²) >= 11 is 0. The SMILES string of the molecule is CC(C)Oc1ccc2c(c1)C(NC[C@H](O)[C@@H](Cc1cc(F)cc(F)c1)NC(=O)Oc1ccccc1)COC2(C)C. The first-order valence-corrected chi connectivity index (χ1v) is 13.3. The van der Waals surface area contributed by atoms with E-state index in [1.54, 1.807) is 30.3 Å². The normalized spacial score (nSPS) is 17.6. The highest BCUT2D eigenvalue weighted by Gasteiger charge is 2.34. The molecule has 0 saturated heterocycles. The summed E-state index contributed by atoms with van der Waals surface area (Å²) in [7, 11) is 0. The molecule has 7 nitrogen and oxygen atoms in total. The van der Waals surface area contributed by atoms with Crippen molar-refractivity contribution in [3.8, 4) is 11.5 Å². The van der Waals surface area contributed by atoms with Gasteiger partial charge >= 0.3 is 6.09 Å². The van der Waals surface area contributed by atoms with Crippen molar-refractivity contribution >= 4 is 6.09 Å². The molecule has 1 aliphatic rings. The Morgan fingerprint density at radius 1 is 1.05 bits per heavy atom. The van der Waals surface area contributed by atoms with Gasteiger partial charge in [0, 0.05) is 12.6 Å². The molecule has 1 aliphatic heterocycles. The van der Waals surface area contributed by atoms with E-state index < -0.39 is 35.5 Å². The van der Waals surface area contributed by atoms with Gasteiger partial charge in [-0.15, -0.1) is 0 Å². The summed E-state index contributed by atoms with van der Waals surface area (Å²) in [6.45, 7) is 8.31. The Labute approximate surface area is 233 Å². The van der Waals surface area contributed by atoms with Gasteiger partial charge in [0.15, 0.2) is 0 Å². The van der Waals surface area contributed by atoms with Gasteiger partial charge in [-0.1, -0.05) is 24.3 Å². The van der Waals surface area contributed by atoms with Crippen LogP contribution in [0.2, 0.25) is 0 Å². The average molecular weight is 555 g/mol. The van der Waals surface area contributed by atoms with Crippen LogP contribution in [0, 0.1) is 11.6 Å². The molecule has 0 bridgehead atoms. The molecule has 1 heterocycles. The van der Waals surface area contributed by atoms with Gasteiger partial charge < -0.3 is 30.0 Å². The fraction of sp³-hybridized carbons (Fsp3) is 0.387. The number of para-hydroxylation sites is 1. The zero-order chi connectivity index (χ0) is 28.9. The Balaban J connectivity index is 1.51. The highest BCUT2D eigenvalue weighted by atomic mass is 19.1. The number of fused-ring (bicyclic) bond motifs is 1. The van der Waals surface area contributed by atoms with E-state index >= 15 is 0 Å². The highest BCUT2D eigenvalue weighted by Crippen LogP contribution is 2.38. The summed E-state index contributed by atoms with van der Waals surface area (Å²) in [5, 5.41) is 17.2. The molecular weight excluding hydrogens is 518 g/mol. The van der Waals surface area contributed by atoms with Gasteiger partial charge in [0.05, 0.1) is 36.5 Å². The van der Waals surface area contributed by atoms with Crippen molar-refractivity contribution in [2.45, 2.75) is 64.0 Å². The third-order valence-corrected chi connectivity index (χ3v) is 6.70. The van der Waals surface area contributed by atoms with E-state index in [9.17, 15) is 18.7 Å². The van der Waals surface area contributed by atoms with Crippen molar-refractivity contribution in [3.05, 3.63) is 95.1 Å². The first-order valence-electron chi connectivity index (χ1n) is 13.3. The largest absolute Gasteiger partial charge is 0.491 e. The monoisotopic (exact) mass is 554 g/mol. The van der Waals surface area contributed by atoms with Crippen molar-refractivity contribution in [2.75, 3.05) is 13.2 Å². The summed E-state index contributed by atoms with van der Waals surface area (Å²) in [5.41, 5.74) is 1.76. The molecule has 9 heteroatoms. The van der Waals surface area contributed by atoms with Crippen molar-refractivity contribution in [1.82, 2.24) is 10.6 Å². The Kier molecular flexibility index (Phi) is 9.40. The van der Waals surface area contributed by atoms with E-state index in [4.69, 9.17) is 14.2 Å². The molecule has 1 unspecified atom stereocenters. The van der Waals surface area contributed by atoms with E-state index in [0.717, 1.165) is 22.9 Å². The fourth-order valence-corrected chi connectivity index (χ4v) is 4.80. The average Bonchev–Trinajstić information content (AvgIpc) is 2.87. The lowest BCUT2D eigenvalue weighted by atomic mass is 9.86. The van der Waals surface area contributed by atoms with Crippen LogP contribution in [0.4, 0.5) is 13.6 Å². The zero-order valence-corrected chi connectivity index (χ0v) is 23.1. The van der Waals surface area contributed by atoms with Gasteiger partial charge in [0.2, 0.25) is 0 Å². The van der Waals surface area contributed by atoms with Crippen molar-refractivity contribution < 1.29 is 32.9 Å². The molecule has 0 aromatic heterocycles. The molecule has 3 N–H and O–H groups in total. The van der Waals surface area contributed by atoms with Crippen LogP contribution in [0.5, 0.6) is 11.5 Å². The van der Waals surface area contributed by atoms with Gasteiger partial charge in [-0.2, -0.15) is 0 Å². The van der Waals surface area contributed by atoms with Crippen LogP contribution < -0.4 is 20.1 Å². The zero-order valence-electron chi connectivity index (χ0n) is 23.1. The number of benzene rings is 3. The molecule has 0 radical (unpaired) electrons. The molecule has 3 aromatic carbocycles. The maximum atomic E-state index is 13.9. The van der Waals surface area contributed by atoms with Crippen molar-refractivity contribution in [2.24, 2.45) is 0 Å². The Hall–Kier alpha value is -3.53. The minimum Gasteiger partial charge on any atom is -0.491 e. The van der Waals surface area contributed by atoms with Gasteiger partial charge in [0.25, 0.3) is 0 Å². The lowest BCUT2D eigenvalue weighted by Crippen LogP contribution is -2.50. The second kappa shape index (κ2) is 12.8. The minimum atomic E-state index is -1.14. The Morgan fingerprint density at radius 2 is 1.75 bits per heavy atom. The number of rotatable bonds is 10. The summed E-state index contributed by atoms with van der Waals surface area (Å²) in [6, 6.07) is 16.3. The molecule has 40 heavy (non-hydrogen) atoms. The molecule has 4 rings (SSSR count). The summed E-state index contributed by atoms with van der Waals surface area (Å²) in [4.78, 5) is 12.7. The number of halogens is 2. The van der Waals surface area contributed by atoms with Gasteiger partial charge in [-0.3, -0.25) is 0 Å². The molecule has 3 aromatic rings. The molecule has 214 valence electrons. The quantitative estimate of drug-likeness (QED) is 0.311. The predicted molar refractivity (Wildman–Crippen MR) is 147 cm³/mol. The lowest BCUT2D eigenvalue weighted by molar-refractivity contribution is -0.0487. The topological polar surface area (TPSA) is 89.1 Å². The van der Waals surface area contributed by atoms with Crippen LogP contribution >= 0.6 is 0 Å². The van der Waals surface area contributed by atoms with Crippen LogP contribution in [0.25, 0.3) is 0 Å². The summed E-state index contributed by atoms with van der Waals surface area (Å²) in [6.07, 6.45) is -1.95. The maximum absolute atomic E-state index is 13.9. The van der Waals surface area contributed by atoms with Crippen LogP contribution in [0.15, 0.2) is 66.7 Å². The number of carbonyl (C=O) groups excluding carboxylic acids is 1. The van der Waals surface area contributed by atoms with Crippen LogP contribution in [-0.4, -0.2) is 42.6 Å². The van der Waals surface area contributed by atoms with Gasteiger partial charge in [-0.25, -0.2) is 13.6 Å². The molecule has 0 saturated carbocycles. The van der Waals surface area contributed by atoms with Crippen LogP contribution in [0.3, 0.4) is 0 Å². The maximum Gasteiger partial charge on any atom is 0.412 e.